The number of carbonyl (C=O) groups is 1. The van der Waals surface area contributed by atoms with Crippen LogP contribution >= 0.6 is 0 Å². The highest BCUT2D eigenvalue weighted by atomic mass is 19.2. The highest BCUT2D eigenvalue weighted by Crippen LogP contribution is 2.37. The number of nitrogens with one attached hydrogen (secondary N) is 1. The van der Waals surface area contributed by atoms with E-state index in [1.165, 1.54) is 43.7 Å². The molecule has 0 aliphatic carbocycles. The van der Waals surface area contributed by atoms with E-state index in [0.717, 1.165) is 38.2 Å². The van der Waals surface area contributed by atoms with E-state index < -0.39 is 23.4 Å². The Labute approximate surface area is 253 Å². The largest absolute Gasteiger partial charge is 0.493 e. The number of halogens is 3. The van der Waals surface area contributed by atoms with Crippen LogP contribution in [0.25, 0.3) is 10.9 Å². The molecule has 0 radical (unpaired) electrons. The van der Waals surface area contributed by atoms with Gasteiger partial charge >= 0.3 is 0 Å². The van der Waals surface area contributed by atoms with Crippen molar-refractivity contribution in [3.63, 3.8) is 0 Å². The molecule has 1 saturated heterocycles. The van der Waals surface area contributed by atoms with Gasteiger partial charge in [-0.3, -0.25) is 9.78 Å². The average molecular weight is 607 g/mol. The Balaban J connectivity index is 1.20. The van der Waals surface area contributed by atoms with E-state index in [4.69, 9.17) is 14.2 Å². The number of methoxy groups -OCH3 is 1. The number of pyridine rings is 1. The molecule has 1 amide bonds. The summed E-state index contributed by atoms with van der Waals surface area (Å²) in [5, 5.41) is 4.35. The molecule has 230 valence electrons. The first-order valence-electron chi connectivity index (χ1n) is 14.4. The minimum absolute atomic E-state index is 0.0324. The van der Waals surface area contributed by atoms with Gasteiger partial charge in [0.25, 0.3) is 0 Å². The number of amides is 1. The normalized spacial score (nSPS) is 13.7. The molecule has 1 aliphatic heterocycles. The van der Waals surface area contributed by atoms with Crippen LogP contribution in [-0.4, -0.2) is 55.4 Å². The molecule has 1 N–H and O–H groups in total. The zero-order valence-electron chi connectivity index (χ0n) is 24.3. The highest BCUT2D eigenvalue weighted by Gasteiger charge is 2.15. The topological polar surface area (TPSA) is 85.3 Å². The molecule has 0 unspecified atom stereocenters. The fourth-order valence-corrected chi connectivity index (χ4v) is 4.99. The van der Waals surface area contributed by atoms with Crippen molar-refractivity contribution in [2.24, 2.45) is 5.10 Å². The number of likely N-dealkylation sites (tertiary alicyclic amines) is 1. The standard InChI is InChI=1S/C33H33F3N4O4/c1-42-31-19-24-28(20-32(31)43-15-5-14-40-12-3-2-4-13-40)37-11-10-29(24)44-30-9-7-22(16-27(30)36)18-33(41)39-38-21-23-6-8-25(34)26(35)17-23/h6-11,16-17,19-21H,2-5,12-15,18H2,1H3,(H,39,41)/b38-21+. The maximum absolute atomic E-state index is 15.0. The number of fused-ring (bicyclic) bond motifs is 1. The summed E-state index contributed by atoms with van der Waals surface area (Å²) in [4.78, 5) is 19.2. The van der Waals surface area contributed by atoms with Gasteiger partial charge in [-0.15, -0.1) is 0 Å². The molecule has 4 aromatic rings. The number of aromatic nitrogens is 1. The van der Waals surface area contributed by atoms with E-state index in [1.807, 2.05) is 0 Å². The van der Waals surface area contributed by atoms with Crippen molar-refractivity contribution < 1.29 is 32.2 Å². The minimum atomic E-state index is -1.02. The van der Waals surface area contributed by atoms with Crippen LogP contribution < -0.4 is 19.6 Å². The van der Waals surface area contributed by atoms with Crippen LogP contribution in [0.4, 0.5) is 13.2 Å². The molecule has 8 nitrogen and oxygen atoms in total. The van der Waals surface area contributed by atoms with Gasteiger partial charge in [-0.1, -0.05) is 18.6 Å². The van der Waals surface area contributed by atoms with Gasteiger partial charge in [-0.25, -0.2) is 18.6 Å². The molecule has 0 bridgehead atoms. The Morgan fingerprint density at radius 3 is 2.55 bits per heavy atom. The molecule has 1 aliphatic rings. The second-order valence-corrected chi connectivity index (χ2v) is 10.4. The number of ether oxygens (including phenoxy) is 3. The fraction of sp³-hybridized carbons (Fsp3) is 0.303. The van der Waals surface area contributed by atoms with E-state index in [-0.39, 0.29) is 17.7 Å². The Kier molecular flexibility index (Phi) is 10.3. The average Bonchev–Trinajstić information content (AvgIpc) is 3.02. The van der Waals surface area contributed by atoms with Crippen LogP contribution in [-0.2, 0) is 11.2 Å². The summed E-state index contributed by atoms with van der Waals surface area (Å²) in [6.07, 6.45) is 7.30. The van der Waals surface area contributed by atoms with E-state index >= 15 is 4.39 Å². The number of hydrogen-bond acceptors (Lipinski definition) is 7. The third-order valence-electron chi connectivity index (χ3n) is 7.24. The molecule has 2 heterocycles. The molecular formula is C33H33F3N4O4. The third kappa shape index (κ3) is 8.04. The maximum Gasteiger partial charge on any atom is 0.244 e. The number of hydrazone groups is 1. The molecule has 0 saturated carbocycles. The first-order chi connectivity index (χ1) is 21.4. The van der Waals surface area contributed by atoms with Gasteiger partial charge in [0.2, 0.25) is 5.91 Å². The molecule has 1 fully saturated rings. The predicted molar refractivity (Wildman–Crippen MR) is 161 cm³/mol. The second kappa shape index (κ2) is 14.7. The van der Waals surface area contributed by atoms with Gasteiger partial charge in [0.1, 0.15) is 5.75 Å². The van der Waals surface area contributed by atoms with Crippen molar-refractivity contribution in [2.45, 2.75) is 32.1 Å². The van der Waals surface area contributed by atoms with Crippen LogP contribution in [0.3, 0.4) is 0 Å². The van der Waals surface area contributed by atoms with Crippen LogP contribution in [0.5, 0.6) is 23.0 Å². The van der Waals surface area contributed by atoms with Crippen molar-refractivity contribution in [3.8, 4) is 23.0 Å². The lowest BCUT2D eigenvalue weighted by atomic mass is 10.1. The van der Waals surface area contributed by atoms with Crippen molar-refractivity contribution in [1.29, 1.82) is 0 Å². The fourth-order valence-electron chi connectivity index (χ4n) is 4.99. The Morgan fingerprint density at radius 1 is 0.932 bits per heavy atom. The van der Waals surface area contributed by atoms with Crippen LogP contribution in [0.1, 0.15) is 36.8 Å². The van der Waals surface area contributed by atoms with Gasteiger partial charge in [-0.2, -0.15) is 5.10 Å². The summed E-state index contributed by atoms with van der Waals surface area (Å²) >= 11 is 0. The van der Waals surface area contributed by atoms with Gasteiger partial charge in [-0.05, 0) is 79.9 Å². The summed E-state index contributed by atoms with van der Waals surface area (Å²) in [7, 11) is 1.56. The Bertz CT molecular complexity index is 1640. The second-order valence-electron chi connectivity index (χ2n) is 10.4. The minimum Gasteiger partial charge on any atom is -0.493 e. The summed E-state index contributed by atoms with van der Waals surface area (Å²) in [6, 6.07) is 12.6. The molecule has 0 atom stereocenters. The monoisotopic (exact) mass is 606 g/mol. The van der Waals surface area contributed by atoms with Gasteiger partial charge in [0.05, 0.1) is 31.9 Å². The summed E-state index contributed by atoms with van der Waals surface area (Å²) in [5.41, 5.74) is 3.54. The summed E-state index contributed by atoms with van der Waals surface area (Å²) < 4.78 is 58.9. The number of piperidine rings is 1. The molecule has 11 heteroatoms. The number of rotatable bonds is 12. The SMILES string of the molecule is COc1cc2c(Oc3ccc(CC(=O)N/N=C/c4ccc(F)c(F)c4)cc3F)ccnc2cc1OCCCN1CCCCC1. The lowest BCUT2D eigenvalue weighted by Gasteiger charge is -2.26. The zero-order chi connectivity index (χ0) is 30.9. The lowest BCUT2D eigenvalue weighted by molar-refractivity contribution is -0.120. The van der Waals surface area contributed by atoms with Crippen molar-refractivity contribution in [1.82, 2.24) is 15.3 Å². The molecular weight excluding hydrogens is 573 g/mol. The molecule has 5 rings (SSSR count). The van der Waals surface area contributed by atoms with Crippen molar-refractivity contribution in [2.75, 3.05) is 33.4 Å². The van der Waals surface area contributed by atoms with Crippen molar-refractivity contribution in [3.05, 3.63) is 89.4 Å². The summed E-state index contributed by atoms with van der Waals surface area (Å²) in [5.74, 6) is -1.75. The van der Waals surface area contributed by atoms with Gasteiger partial charge < -0.3 is 19.1 Å². The number of nitrogens with zero attached hydrogens (tertiary/aromatic N) is 3. The zero-order valence-corrected chi connectivity index (χ0v) is 24.3. The Morgan fingerprint density at radius 2 is 1.77 bits per heavy atom. The smallest absolute Gasteiger partial charge is 0.244 e. The van der Waals surface area contributed by atoms with E-state index in [2.05, 4.69) is 20.4 Å². The maximum atomic E-state index is 15.0. The summed E-state index contributed by atoms with van der Waals surface area (Å²) in [6.45, 7) is 3.83. The first-order valence-corrected chi connectivity index (χ1v) is 14.4. The number of hydrogen-bond donors (Lipinski definition) is 1. The van der Waals surface area contributed by atoms with Crippen LogP contribution in [0.2, 0.25) is 0 Å². The molecule has 0 spiro atoms. The van der Waals surface area contributed by atoms with Gasteiger partial charge in [0.15, 0.2) is 34.7 Å². The lowest BCUT2D eigenvalue weighted by Crippen LogP contribution is -2.31. The third-order valence-corrected chi connectivity index (χ3v) is 7.24. The number of carbonyl (C=O) groups excluding carboxylic acids is 1. The van der Waals surface area contributed by atoms with Crippen LogP contribution in [0, 0.1) is 17.5 Å². The van der Waals surface area contributed by atoms with Gasteiger partial charge in [0, 0.05) is 24.2 Å². The quantitative estimate of drug-likeness (QED) is 0.114. The first kappa shape index (κ1) is 30.8. The van der Waals surface area contributed by atoms with E-state index in [1.54, 1.807) is 37.6 Å². The van der Waals surface area contributed by atoms with E-state index in [9.17, 15) is 13.6 Å². The molecule has 1 aromatic heterocycles. The number of benzene rings is 3. The molecule has 44 heavy (non-hydrogen) atoms. The van der Waals surface area contributed by atoms with E-state index in [0.29, 0.717) is 40.3 Å². The highest BCUT2D eigenvalue weighted by molar-refractivity contribution is 5.88. The van der Waals surface area contributed by atoms with Crippen LogP contribution in [0.15, 0.2) is 65.9 Å². The Hall–Kier alpha value is -4.64. The molecule has 3 aromatic carbocycles. The predicted octanol–water partition coefficient (Wildman–Crippen LogP) is 6.40. The van der Waals surface area contributed by atoms with Crippen molar-refractivity contribution >= 4 is 23.0 Å².